The highest BCUT2D eigenvalue weighted by Gasteiger charge is 2.50. The highest BCUT2D eigenvalue weighted by molar-refractivity contribution is 9.10. The number of hydrogen-bond acceptors (Lipinski definition) is 3. The molecule has 0 aliphatic carbocycles. The molecule has 3 aromatic rings. The van der Waals surface area contributed by atoms with E-state index in [1.165, 1.54) is 10.4 Å². The quantitative estimate of drug-likeness (QED) is 0.352. The van der Waals surface area contributed by atoms with Crippen LogP contribution in [0.25, 0.3) is 0 Å². The van der Waals surface area contributed by atoms with Crippen molar-refractivity contribution in [2.45, 2.75) is 32.4 Å². The standard InChI is InChI=1S/C29H36BrFN2OSi/c1-29(2,3)35(25-10-6-4-7-11-25,26-12-8-5-9-13-26)34-21-20-32-16-18-33(19-17-32)23-24-14-15-27(30)28(31)22-24/h4-15,22H,16-21,23H2,1-3H3. The lowest BCUT2D eigenvalue weighted by Crippen LogP contribution is -2.67. The van der Waals surface area contributed by atoms with Crippen LogP contribution in [0.3, 0.4) is 0 Å². The molecule has 1 saturated heterocycles. The van der Waals surface area contributed by atoms with Crippen LogP contribution in [0, 0.1) is 5.82 Å². The number of halogens is 2. The van der Waals surface area contributed by atoms with Gasteiger partial charge in [0.2, 0.25) is 0 Å². The molecule has 1 heterocycles. The Hall–Kier alpha value is -1.83. The molecule has 3 aromatic carbocycles. The summed E-state index contributed by atoms with van der Waals surface area (Å²) in [4.78, 5) is 4.90. The third-order valence-corrected chi connectivity index (χ3v) is 12.7. The van der Waals surface area contributed by atoms with Gasteiger partial charge >= 0.3 is 0 Å². The second kappa shape index (κ2) is 11.5. The zero-order chi connectivity index (χ0) is 24.9. The van der Waals surface area contributed by atoms with Crippen LogP contribution in [-0.2, 0) is 11.0 Å². The summed E-state index contributed by atoms with van der Waals surface area (Å²) in [6, 6.07) is 27.1. The fraction of sp³-hybridized carbons (Fsp3) is 0.379. The van der Waals surface area contributed by atoms with Crippen molar-refractivity contribution in [3.8, 4) is 0 Å². The third-order valence-electron chi connectivity index (χ3n) is 7.00. The van der Waals surface area contributed by atoms with Crippen molar-refractivity contribution in [1.82, 2.24) is 9.80 Å². The van der Waals surface area contributed by atoms with Crippen molar-refractivity contribution in [3.05, 3.63) is 94.7 Å². The minimum atomic E-state index is -2.48. The SMILES string of the molecule is CC(C)(C)[Si](OCCN1CCN(Cc2ccc(Br)c(F)c2)CC1)(c1ccccc1)c1ccccc1. The Balaban J connectivity index is 1.40. The summed E-state index contributed by atoms with van der Waals surface area (Å²) >= 11 is 3.24. The van der Waals surface area contributed by atoms with Crippen molar-refractivity contribution in [2.75, 3.05) is 39.3 Å². The number of rotatable bonds is 8. The zero-order valence-electron chi connectivity index (χ0n) is 21.0. The molecule has 0 spiro atoms. The average molecular weight is 556 g/mol. The van der Waals surface area contributed by atoms with Crippen LogP contribution in [-0.4, -0.2) is 57.4 Å². The number of hydrogen-bond donors (Lipinski definition) is 0. The second-order valence-corrected chi connectivity index (χ2v) is 15.5. The van der Waals surface area contributed by atoms with Gasteiger partial charge < -0.3 is 4.43 Å². The van der Waals surface area contributed by atoms with Gasteiger partial charge in [-0.1, -0.05) is 87.5 Å². The molecule has 0 saturated carbocycles. The predicted molar refractivity (Wildman–Crippen MR) is 149 cm³/mol. The molecule has 0 atom stereocenters. The Morgan fingerprint density at radius 2 is 1.37 bits per heavy atom. The first-order chi connectivity index (χ1) is 16.8. The first-order valence-electron chi connectivity index (χ1n) is 12.4. The van der Waals surface area contributed by atoms with Gasteiger partial charge in [0.1, 0.15) is 5.82 Å². The van der Waals surface area contributed by atoms with E-state index in [0.29, 0.717) is 11.1 Å². The Morgan fingerprint density at radius 3 is 1.89 bits per heavy atom. The van der Waals surface area contributed by atoms with Crippen LogP contribution in [0.4, 0.5) is 4.39 Å². The van der Waals surface area contributed by atoms with E-state index < -0.39 is 8.32 Å². The van der Waals surface area contributed by atoms with Gasteiger partial charge in [0, 0.05) is 45.9 Å². The summed E-state index contributed by atoms with van der Waals surface area (Å²) in [5.74, 6) is -0.193. The van der Waals surface area contributed by atoms with Crippen LogP contribution >= 0.6 is 15.9 Å². The van der Waals surface area contributed by atoms with Gasteiger partial charge in [0.15, 0.2) is 0 Å². The highest BCUT2D eigenvalue weighted by atomic mass is 79.9. The Bertz CT molecular complexity index is 1040. The fourth-order valence-corrected chi connectivity index (χ4v) is 9.96. The summed E-state index contributed by atoms with van der Waals surface area (Å²) < 4.78 is 21.4. The van der Waals surface area contributed by atoms with Crippen LogP contribution in [0.2, 0.25) is 5.04 Å². The van der Waals surface area contributed by atoms with Crippen molar-refractivity contribution in [1.29, 1.82) is 0 Å². The van der Waals surface area contributed by atoms with E-state index in [9.17, 15) is 4.39 Å². The van der Waals surface area contributed by atoms with Crippen LogP contribution in [0.5, 0.6) is 0 Å². The van der Waals surface area contributed by atoms with E-state index in [2.05, 4.69) is 107 Å². The first kappa shape index (κ1) is 26.2. The van der Waals surface area contributed by atoms with E-state index in [1.807, 2.05) is 6.07 Å². The molecule has 1 aliphatic heterocycles. The molecule has 0 N–H and O–H groups in total. The molecule has 3 nitrogen and oxygen atoms in total. The monoisotopic (exact) mass is 554 g/mol. The largest absolute Gasteiger partial charge is 0.406 e. The molecular formula is C29H36BrFN2OSi. The molecule has 0 bridgehead atoms. The molecule has 1 aliphatic rings. The molecule has 1 fully saturated rings. The van der Waals surface area contributed by atoms with E-state index in [0.717, 1.165) is 44.8 Å². The van der Waals surface area contributed by atoms with Gasteiger partial charge in [-0.25, -0.2) is 4.39 Å². The summed E-state index contributed by atoms with van der Waals surface area (Å²) in [6.07, 6.45) is 0. The molecule has 6 heteroatoms. The number of benzene rings is 3. The summed E-state index contributed by atoms with van der Waals surface area (Å²) in [7, 11) is -2.48. The van der Waals surface area contributed by atoms with E-state index in [1.54, 1.807) is 12.1 Å². The van der Waals surface area contributed by atoms with Gasteiger partial charge in [-0.15, -0.1) is 0 Å². The van der Waals surface area contributed by atoms with Crippen LogP contribution in [0.1, 0.15) is 26.3 Å². The maximum absolute atomic E-state index is 13.9. The van der Waals surface area contributed by atoms with Crippen LogP contribution < -0.4 is 10.4 Å². The Kier molecular flexibility index (Phi) is 8.61. The number of piperazine rings is 1. The van der Waals surface area contributed by atoms with Gasteiger partial charge in [-0.2, -0.15) is 0 Å². The van der Waals surface area contributed by atoms with Crippen LogP contribution in [0.15, 0.2) is 83.3 Å². The van der Waals surface area contributed by atoms with Gasteiger partial charge in [-0.05, 0) is 49.0 Å². The normalized spacial score (nSPS) is 15.9. The lowest BCUT2D eigenvalue weighted by Gasteiger charge is -2.43. The molecular weight excluding hydrogens is 519 g/mol. The van der Waals surface area contributed by atoms with Crippen molar-refractivity contribution >= 4 is 34.6 Å². The highest BCUT2D eigenvalue weighted by Crippen LogP contribution is 2.36. The lowest BCUT2D eigenvalue weighted by atomic mass is 10.2. The number of nitrogens with zero attached hydrogens (tertiary/aromatic N) is 2. The van der Waals surface area contributed by atoms with E-state index in [-0.39, 0.29) is 10.9 Å². The lowest BCUT2D eigenvalue weighted by molar-refractivity contribution is 0.111. The Labute approximate surface area is 219 Å². The second-order valence-electron chi connectivity index (χ2n) is 10.4. The van der Waals surface area contributed by atoms with Gasteiger partial charge in [0.05, 0.1) is 4.47 Å². The van der Waals surface area contributed by atoms with Crippen molar-refractivity contribution in [2.24, 2.45) is 0 Å². The molecule has 4 rings (SSSR count). The van der Waals surface area contributed by atoms with Crippen molar-refractivity contribution < 1.29 is 8.82 Å². The molecule has 0 radical (unpaired) electrons. The summed E-state index contributed by atoms with van der Waals surface area (Å²) in [6.45, 7) is 13.4. The van der Waals surface area contributed by atoms with E-state index >= 15 is 0 Å². The first-order valence-corrected chi connectivity index (χ1v) is 15.1. The topological polar surface area (TPSA) is 15.7 Å². The molecule has 186 valence electrons. The van der Waals surface area contributed by atoms with Crippen molar-refractivity contribution in [3.63, 3.8) is 0 Å². The fourth-order valence-electron chi connectivity index (χ4n) is 5.16. The maximum Gasteiger partial charge on any atom is 0.261 e. The molecule has 0 amide bonds. The summed E-state index contributed by atoms with van der Waals surface area (Å²) in [5.41, 5.74) is 1.02. The zero-order valence-corrected chi connectivity index (χ0v) is 23.6. The maximum atomic E-state index is 13.9. The summed E-state index contributed by atoms with van der Waals surface area (Å²) in [5, 5.41) is 2.64. The molecule has 35 heavy (non-hydrogen) atoms. The smallest absolute Gasteiger partial charge is 0.261 e. The van der Waals surface area contributed by atoms with Gasteiger partial charge in [0.25, 0.3) is 8.32 Å². The van der Waals surface area contributed by atoms with E-state index in [4.69, 9.17) is 4.43 Å². The minimum Gasteiger partial charge on any atom is -0.406 e. The molecule has 0 unspecified atom stereocenters. The Morgan fingerprint density at radius 1 is 0.829 bits per heavy atom. The average Bonchev–Trinajstić information content (AvgIpc) is 2.85. The third kappa shape index (κ3) is 6.12. The minimum absolute atomic E-state index is 0.00560. The predicted octanol–water partition coefficient (Wildman–Crippen LogP) is 5.28. The van der Waals surface area contributed by atoms with Gasteiger partial charge in [-0.3, -0.25) is 9.80 Å². The molecule has 0 aromatic heterocycles.